The Morgan fingerprint density at radius 2 is 1.82 bits per heavy atom. The highest BCUT2D eigenvalue weighted by Gasteiger charge is 2.21. The molecule has 2 amide bonds. The third-order valence-corrected chi connectivity index (χ3v) is 4.22. The number of carboxylic acids is 1. The Labute approximate surface area is 131 Å². The van der Waals surface area contributed by atoms with Crippen LogP contribution in [0.3, 0.4) is 0 Å². The summed E-state index contributed by atoms with van der Waals surface area (Å²) in [6.45, 7) is 2.21. The van der Waals surface area contributed by atoms with Gasteiger partial charge in [-0.1, -0.05) is 37.3 Å². The summed E-state index contributed by atoms with van der Waals surface area (Å²) in [6, 6.07) is 7.89. The van der Waals surface area contributed by atoms with Gasteiger partial charge in [0.1, 0.15) is 0 Å². The highest BCUT2D eigenvalue weighted by molar-refractivity contribution is 5.81. The number of urea groups is 1. The predicted molar refractivity (Wildman–Crippen MR) is 82.0 cm³/mol. The van der Waals surface area contributed by atoms with Crippen LogP contribution < -0.4 is 15.7 Å². The Morgan fingerprint density at radius 3 is 2.41 bits per heavy atom. The maximum atomic E-state index is 12.0. The number of benzene rings is 1. The Bertz CT molecular complexity index is 496. The van der Waals surface area contributed by atoms with Gasteiger partial charge in [0, 0.05) is 6.04 Å². The molecule has 1 aromatic rings. The molecule has 1 aliphatic rings. The fourth-order valence-corrected chi connectivity index (χ4v) is 2.83. The molecular formula is C17H23N2O3-. The van der Waals surface area contributed by atoms with Crippen LogP contribution in [0.1, 0.15) is 38.2 Å². The summed E-state index contributed by atoms with van der Waals surface area (Å²) in [4.78, 5) is 23.2. The van der Waals surface area contributed by atoms with Gasteiger partial charge in [0.2, 0.25) is 0 Å². The number of rotatable bonds is 5. The van der Waals surface area contributed by atoms with Gasteiger partial charge in [-0.25, -0.2) is 4.79 Å². The molecule has 1 aliphatic carbocycles. The molecule has 0 unspecified atom stereocenters. The zero-order valence-corrected chi connectivity index (χ0v) is 12.9. The number of amides is 2. The van der Waals surface area contributed by atoms with Crippen LogP contribution in [0.25, 0.3) is 0 Å². The van der Waals surface area contributed by atoms with E-state index >= 15 is 0 Å². The van der Waals surface area contributed by atoms with Gasteiger partial charge in [-0.3, -0.25) is 0 Å². The number of carboxylic acid groups (broad SMARTS) is 1. The normalized spacial score (nSPS) is 22.6. The van der Waals surface area contributed by atoms with Crippen LogP contribution >= 0.6 is 0 Å². The summed E-state index contributed by atoms with van der Waals surface area (Å²) in [6.07, 6.45) is 4.31. The number of carbonyl (C=O) groups is 2. The molecule has 1 atom stereocenters. The Morgan fingerprint density at radius 1 is 1.18 bits per heavy atom. The van der Waals surface area contributed by atoms with Crippen molar-refractivity contribution < 1.29 is 14.7 Å². The summed E-state index contributed by atoms with van der Waals surface area (Å²) in [5.41, 5.74) is 0.850. The van der Waals surface area contributed by atoms with Crippen LogP contribution in [0.15, 0.2) is 30.3 Å². The van der Waals surface area contributed by atoms with Crippen LogP contribution in [0, 0.1) is 5.92 Å². The maximum absolute atomic E-state index is 12.0. The van der Waals surface area contributed by atoms with Gasteiger partial charge in [-0.2, -0.15) is 0 Å². The van der Waals surface area contributed by atoms with Gasteiger partial charge in [-0.05, 0) is 43.6 Å². The SMILES string of the molecule is CC1CCC(NC(=O)N[C@@H](Cc2ccccc2)C(=O)[O-])CC1. The predicted octanol–water partition coefficient (Wildman–Crippen LogP) is 1.23. The van der Waals surface area contributed by atoms with Crippen LogP contribution in [-0.2, 0) is 11.2 Å². The molecule has 22 heavy (non-hydrogen) atoms. The first-order valence-electron chi connectivity index (χ1n) is 7.86. The lowest BCUT2D eigenvalue weighted by atomic mass is 9.87. The van der Waals surface area contributed by atoms with E-state index in [2.05, 4.69) is 17.6 Å². The molecule has 0 aromatic heterocycles. The Kier molecular flexibility index (Phi) is 5.81. The van der Waals surface area contributed by atoms with Gasteiger partial charge in [-0.15, -0.1) is 0 Å². The largest absolute Gasteiger partial charge is 0.548 e. The minimum atomic E-state index is -1.27. The number of nitrogens with one attached hydrogen (secondary N) is 2. The first kappa shape index (κ1) is 16.3. The fraction of sp³-hybridized carbons (Fsp3) is 0.529. The van der Waals surface area contributed by atoms with Gasteiger partial charge in [0.05, 0.1) is 12.0 Å². The highest BCUT2D eigenvalue weighted by atomic mass is 16.4. The van der Waals surface area contributed by atoms with Crippen molar-refractivity contribution in [1.82, 2.24) is 10.6 Å². The zero-order chi connectivity index (χ0) is 15.9. The van der Waals surface area contributed by atoms with E-state index < -0.39 is 18.0 Å². The molecule has 0 saturated heterocycles. The van der Waals surface area contributed by atoms with E-state index in [-0.39, 0.29) is 12.5 Å². The van der Waals surface area contributed by atoms with Crippen LogP contribution in [-0.4, -0.2) is 24.1 Å². The number of hydrogen-bond donors (Lipinski definition) is 2. The standard InChI is InChI=1S/C17H24N2O3/c1-12-7-9-14(10-8-12)18-17(22)19-15(16(20)21)11-13-5-3-2-4-6-13/h2-6,12,14-15H,7-11H2,1H3,(H,20,21)(H2,18,19,22)/p-1/t12?,14?,15-/m0/s1. The van der Waals surface area contributed by atoms with Crippen molar-refractivity contribution >= 4 is 12.0 Å². The van der Waals surface area contributed by atoms with E-state index in [1.807, 2.05) is 30.3 Å². The molecule has 0 heterocycles. The van der Waals surface area contributed by atoms with Gasteiger partial charge in [0.25, 0.3) is 0 Å². The summed E-state index contributed by atoms with van der Waals surface area (Å²) < 4.78 is 0. The summed E-state index contributed by atoms with van der Waals surface area (Å²) in [5.74, 6) is -0.563. The van der Waals surface area contributed by atoms with E-state index in [9.17, 15) is 14.7 Å². The summed E-state index contributed by atoms with van der Waals surface area (Å²) >= 11 is 0. The van der Waals surface area contributed by atoms with E-state index in [0.717, 1.165) is 31.2 Å². The average Bonchev–Trinajstić information content (AvgIpc) is 2.50. The fourth-order valence-electron chi connectivity index (χ4n) is 2.83. The molecular weight excluding hydrogens is 280 g/mol. The van der Waals surface area contributed by atoms with Crippen LogP contribution in [0.5, 0.6) is 0 Å². The van der Waals surface area contributed by atoms with Crippen molar-refractivity contribution in [2.24, 2.45) is 5.92 Å². The second-order valence-electron chi connectivity index (χ2n) is 6.14. The molecule has 2 rings (SSSR count). The number of aliphatic carboxylic acids is 1. The summed E-state index contributed by atoms with van der Waals surface area (Å²) in [7, 11) is 0. The van der Waals surface area contributed by atoms with Crippen LogP contribution in [0.2, 0.25) is 0 Å². The quantitative estimate of drug-likeness (QED) is 0.858. The second kappa shape index (κ2) is 7.82. The molecule has 120 valence electrons. The number of hydrogen-bond acceptors (Lipinski definition) is 3. The molecule has 1 aromatic carbocycles. The van der Waals surface area contributed by atoms with Crippen molar-refractivity contribution in [3.05, 3.63) is 35.9 Å². The Hall–Kier alpha value is -2.04. The monoisotopic (exact) mass is 303 g/mol. The van der Waals surface area contributed by atoms with Crippen molar-refractivity contribution in [2.75, 3.05) is 0 Å². The van der Waals surface area contributed by atoms with Crippen molar-refractivity contribution in [2.45, 2.75) is 51.1 Å². The smallest absolute Gasteiger partial charge is 0.315 e. The molecule has 5 nitrogen and oxygen atoms in total. The Balaban J connectivity index is 1.85. The minimum absolute atomic E-state index is 0.135. The van der Waals surface area contributed by atoms with Crippen molar-refractivity contribution in [1.29, 1.82) is 0 Å². The second-order valence-corrected chi connectivity index (χ2v) is 6.14. The maximum Gasteiger partial charge on any atom is 0.315 e. The van der Waals surface area contributed by atoms with Crippen LogP contribution in [0.4, 0.5) is 4.79 Å². The third-order valence-electron chi connectivity index (χ3n) is 4.22. The van der Waals surface area contributed by atoms with E-state index in [1.165, 1.54) is 0 Å². The molecule has 1 fully saturated rings. The third kappa shape index (κ3) is 5.06. The molecule has 0 bridgehead atoms. The minimum Gasteiger partial charge on any atom is -0.548 e. The van der Waals surface area contributed by atoms with Crippen molar-refractivity contribution in [3.8, 4) is 0 Å². The topological polar surface area (TPSA) is 81.3 Å². The molecule has 5 heteroatoms. The first-order chi connectivity index (χ1) is 10.5. The lowest BCUT2D eigenvalue weighted by Crippen LogP contribution is -2.54. The van der Waals surface area contributed by atoms with E-state index in [4.69, 9.17) is 0 Å². The highest BCUT2D eigenvalue weighted by Crippen LogP contribution is 2.23. The van der Waals surface area contributed by atoms with Gasteiger partial charge >= 0.3 is 6.03 Å². The molecule has 0 aliphatic heterocycles. The van der Waals surface area contributed by atoms with Crippen molar-refractivity contribution in [3.63, 3.8) is 0 Å². The average molecular weight is 303 g/mol. The molecule has 0 radical (unpaired) electrons. The zero-order valence-electron chi connectivity index (χ0n) is 12.9. The van der Waals surface area contributed by atoms with Gasteiger partial charge < -0.3 is 20.5 Å². The lowest BCUT2D eigenvalue weighted by Gasteiger charge is -2.28. The van der Waals surface area contributed by atoms with E-state index in [0.29, 0.717) is 5.92 Å². The van der Waals surface area contributed by atoms with Gasteiger partial charge in [0.15, 0.2) is 0 Å². The summed E-state index contributed by atoms with van der Waals surface area (Å²) in [5, 5.41) is 16.6. The lowest BCUT2D eigenvalue weighted by molar-refractivity contribution is -0.308. The van der Waals surface area contributed by atoms with E-state index in [1.54, 1.807) is 0 Å². The molecule has 0 spiro atoms. The first-order valence-corrected chi connectivity index (χ1v) is 7.86. The molecule has 2 N–H and O–H groups in total. The molecule has 1 saturated carbocycles. The number of carbonyl (C=O) groups excluding carboxylic acids is 2.